The molecule has 5 heterocycles. The van der Waals surface area contributed by atoms with Crippen LogP contribution in [-0.4, -0.2) is 106 Å². The Morgan fingerprint density at radius 1 is 0.917 bits per heavy atom. The highest BCUT2D eigenvalue weighted by Crippen LogP contribution is 2.34. The van der Waals surface area contributed by atoms with E-state index in [2.05, 4.69) is 52.4 Å². The summed E-state index contributed by atoms with van der Waals surface area (Å²) in [5.41, 5.74) is 5.56. The maximum absolute atomic E-state index is 13.8. The third-order valence-corrected chi connectivity index (χ3v) is 9.37. The Kier molecular flexibility index (Phi) is 8.83. The second-order valence-corrected chi connectivity index (χ2v) is 12.6. The summed E-state index contributed by atoms with van der Waals surface area (Å²) >= 11 is 0. The normalized spacial score (nSPS) is 18.4. The molecule has 2 amide bonds. The predicted molar refractivity (Wildman–Crippen MR) is 184 cm³/mol. The minimum Gasteiger partial charge on any atom is -0.384 e. The number of carbonyl (C=O) groups excluding carboxylic acids is 2. The molecule has 7 rings (SSSR count). The molecule has 1 unspecified atom stereocenters. The van der Waals surface area contributed by atoms with E-state index >= 15 is 0 Å². The number of nitrogens with one attached hydrogen (secondary N) is 2. The number of hydrogen-bond acceptors (Lipinski definition) is 9. The summed E-state index contributed by atoms with van der Waals surface area (Å²) in [6, 6.07) is 19.7. The first-order valence-corrected chi connectivity index (χ1v) is 16.2. The molecule has 5 aromatic rings. The van der Waals surface area contributed by atoms with Crippen molar-refractivity contribution in [2.45, 2.75) is 13.3 Å². The van der Waals surface area contributed by atoms with E-state index in [9.17, 15) is 9.59 Å². The molecule has 12 heteroatoms. The smallest absolute Gasteiger partial charge is 0.236 e. The van der Waals surface area contributed by atoms with Crippen molar-refractivity contribution in [2.24, 2.45) is 5.41 Å². The lowest BCUT2D eigenvalue weighted by atomic mass is 9.87. The highest BCUT2D eigenvalue weighted by atomic mass is 16.5. The van der Waals surface area contributed by atoms with Crippen LogP contribution in [0.15, 0.2) is 79.3 Å². The number of fused-ring (bicyclic) bond motifs is 1. The van der Waals surface area contributed by atoms with Gasteiger partial charge in [0.25, 0.3) is 0 Å². The van der Waals surface area contributed by atoms with E-state index in [1.807, 2.05) is 54.3 Å². The van der Waals surface area contributed by atoms with Crippen LogP contribution in [-0.2, 0) is 14.3 Å². The number of likely N-dealkylation sites (tertiary alicyclic amines) is 1. The number of carbonyl (C=O) groups is 2. The second-order valence-electron chi connectivity index (χ2n) is 12.6. The highest BCUT2D eigenvalue weighted by Gasteiger charge is 2.45. The van der Waals surface area contributed by atoms with Crippen LogP contribution in [0, 0.1) is 12.3 Å². The van der Waals surface area contributed by atoms with Gasteiger partial charge in [-0.1, -0.05) is 0 Å². The lowest BCUT2D eigenvalue weighted by molar-refractivity contribution is -0.133. The first kappa shape index (κ1) is 31.4. The molecular weight excluding hydrogens is 606 g/mol. The van der Waals surface area contributed by atoms with Crippen LogP contribution < -0.4 is 10.2 Å². The van der Waals surface area contributed by atoms with Crippen LogP contribution in [0.25, 0.3) is 33.5 Å². The molecule has 2 aromatic carbocycles. The van der Waals surface area contributed by atoms with Crippen molar-refractivity contribution in [1.82, 2.24) is 34.9 Å². The molecule has 2 fully saturated rings. The Balaban J connectivity index is 0.955. The van der Waals surface area contributed by atoms with Crippen molar-refractivity contribution in [1.29, 1.82) is 0 Å². The summed E-state index contributed by atoms with van der Waals surface area (Å²) in [6.45, 7) is 6.40. The lowest BCUT2D eigenvalue weighted by Gasteiger charge is -2.37. The largest absolute Gasteiger partial charge is 0.384 e. The van der Waals surface area contributed by atoms with Gasteiger partial charge >= 0.3 is 0 Å². The molecule has 48 heavy (non-hydrogen) atoms. The SMILES string of the molecule is COCC1(C(=O)Nc2ccc3[nH]nc(-c4ccnc(C)c4)c3c2)CCN(CC(=O)N2CCN(c3ccc(-c4ncccn4)cc3)CC2)C1. The fourth-order valence-corrected chi connectivity index (χ4v) is 6.78. The van der Waals surface area contributed by atoms with Crippen molar-refractivity contribution in [3.8, 4) is 22.6 Å². The monoisotopic (exact) mass is 645 g/mol. The molecule has 1 atom stereocenters. The molecular formula is C36H39N9O3. The van der Waals surface area contributed by atoms with Crippen LogP contribution in [0.5, 0.6) is 0 Å². The predicted octanol–water partition coefficient (Wildman–Crippen LogP) is 4.02. The van der Waals surface area contributed by atoms with Gasteiger partial charge in [0.15, 0.2) is 5.82 Å². The van der Waals surface area contributed by atoms with Crippen molar-refractivity contribution < 1.29 is 14.3 Å². The highest BCUT2D eigenvalue weighted by molar-refractivity contribution is 6.00. The number of amides is 2. The summed E-state index contributed by atoms with van der Waals surface area (Å²) < 4.78 is 5.57. The van der Waals surface area contributed by atoms with Gasteiger partial charge in [0.2, 0.25) is 11.8 Å². The number of H-pyrrole nitrogens is 1. The molecule has 0 saturated carbocycles. The summed E-state index contributed by atoms with van der Waals surface area (Å²) in [6.07, 6.45) is 5.85. The summed E-state index contributed by atoms with van der Waals surface area (Å²) in [7, 11) is 1.62. The minimum absolute atomic E-state index is 0.0872. The van der Waals surface area contributed by atoms with Gasteiger partial charge in [0.1, 0.15) is 5.69 Å². The molecule has 0 bridgehead atoms. The lowest BCUT2D eigenvalue weighted by Crippen LogP contribution is -2.51. The number of methoxy groups -OCH3 is 1. The zero-order valence-corrected chi connectivity index (χ0v) is 27.2. The number of aromatic nitrogens is 5. The van der Waals surface area contributed by atoms with Crippen LogP contribution in [0.4, 0.5) is 11.4 Å². The number of piperazine rings is 1. The van der Waals surface area contributed by atoms with Crippen LogP contribution in [0.2, 0.25) is 0 Å². The molecule has 3 aromatic heterocycles. The number of aryl methyl sites for hydroxylation is 1. The van der Waals surface area contributed by atoms with Crippen LogP contribution >= 0.6 is 0 Å². The van der Waals surface area contributed by atoms with E-state index in [4.69, 9.17) is 4.74 Å². The van der Waals surface area contributed by atoms with Gasteiger partial charge in [0.05, 0.1) is 24.1 Å². The average molecular weight is 646 g/mol. The molecule has 0 radical (unpaired) electrons. The molecule has 12 nitrogen and oxygen atoms in total. The van der Waals surface area contributed by atoms with Gasteiger partial charge in [0, 0.05) is 92.0 Å². The van der Waals surface area contributed by atoms with Gasteiger partial charge in [-0.15, -0.1) is 0 Å². The number of ether oxygens (including phenoxy) is 1. The van der Waals surface area contributed by atoms with Crippen LogP contribution in [0.1, 0.15) is 12.1 Å². The Hall–Kier alpha value is -5.20. The Labute approximate surface area is 279 Å². The maximum Gasteiger partial charge on any atom is 0.236 e. The second kappa shape index (κ2) is 13.5. The molecule has 2 aliphatic heterocycles. The first-order chi connectivity index (χ1) is 23.4. The molecule has 2 N–H and O–H groups in total. The Morgan fingerprint density at radius 3 is 2.46 bits per heavy atom. The number of benzene rings is 2. The van der Waals surface area contributed by atoms with Gasteiger partial charge in [-0.2, -0.15) is 5.10 Å². The minimum atomic E-state index is -0.763. The maximum atomic E-state index is 13.8. The summed E-state index contributed by atoms with van der Waals surface area (Å²) in [5, 5.41) is 11.7. The quantitative estimate of drug-likeness (QED) is 0.244. The van der Waals surface area contributed by atoms with E-state index in [0.29, 0.717) is 44.1 Å². The van der Waals surface area contributed by atoms with Crippen molar-refractivity contribution >= 4 is 34.1 Å². The van der Waals surface area contributed by atoms with Gasteiger partial charge in [-0.05, 0) is 80.6 Å². The number of hydrogen-bond donors (Lipinski definition) is 2. The Morgan fingerprint density at radius 2 is 1.71 bits per heavy atom. The van der Waals surface area contributed by atoms with Gasteiger partial charge in [-0.3, -0.25) is 24.6 Å². The zero-order chi connectivity index (χ0) is 33.1. The van der Waals surface area contributed by atoms with Gasteiger partial charge < -0.3 is 19.9 Å². The number of nitrogens with zero attached hydrogens (tertiary/aromatic N) is 7. The standard InChI is InChI=1S/C36H39N9O3/c1-25-20-27(10-14-37-25)33-30-21-28(6-9-31(30)41-42-33)40-35(47)36(24-48-2)11-15-43(23-36)22-32(46)45-18-16-44(17-19-45)29-7-4-26(5-8-29)34-38-12-3-13-39-34/h3-10,12-14,20-21H,11,15-19,22-24H2,1-2H3,(H,40,47)(H,41,42). The van der Waals surface area contributed by atoms with E-state index < -0.39 is 5.41 Å². The number of anilines is 2. The fraction of sp³-hybridized carbons (Fsp3) is 0.333. The van der Waals surface area contributed by atoms with E-state index in [1.54, 1.807) is 31.8 Å². The fourth-order valence-electron chi connectivity index (χ4n) is 6.78. The van der Waals surface area contributed by atoms with Crippen molar-refractivity contribution in [3.05, 3.63) is 84.9 Å². The molecule has 2 aliphatic rings. The van der Waals surface area contributed by atoms with Crippen molar-refractivity contribution in [3.63, 3.8) is 0 Å². The first-order valence-electron chi connectivity index (χ1n) is 16.2. The molecule has 0 spiro atoms. The number of aromatic amines is 1. The van der Waals surface area contributed by atoms with Gasteiger partial charge in [-0.25, -0.2) is 9.97 Å². The van der Waals surface area contributed by atoms with E-state index in [0.717, 1.165) is 52.2 Å². The van der Waals surface area contributed by atoms with E-state index in [1.165, 1.54) is 0 Å². The third kappa shape index (κ3) is 6.49. The van der Waals surface area contributed by atoms with Crippen molar-refractivity contribution in [2.75, 3.05) is 69.7 Å². The molecule has 2 saturated heterocycles. The zero-order valence-electron chi connectivity index (χ0n) is 27.2. The summed E-state index contributed by atoms with van der Waals surface area (Å²) in [4.78, 5) is 46.5. The average Bonchev–Trinajstić information content (AvgIpc) is 3.73. The van der Waals surface area contributed by atoms with E-state index in [-0.39, 0.29) is 25.0 Å². The number of pyridine rings is 1. The topological polar surface area (TPSA) is 132 Å². The molecule has 0 aliphatic carbocycles. The van der Waals surface area contributed by atoms with Crippen LogP contribution in [0.3, 0.4) is 0 Å². The number of rotatable bonds is 9. The Bertz CT molecular complexity index is 1910. The molecule has 246 valence electrons. The summed E-state index contributed by atoms with van der Waals surface area (Å²) in [5.74, 6) is 0.681. The third-order valence-electron chi connectivity index (χ3n) is 9.37.